The maximum Gasteiger partial charge on any atom is 0.335 e. The molecule has 0 spiro atoms. The first-order valence-electron chi connectivity index (χ1n) is 5.66. The van der Waals surface area contributed by atoms with E-state index in [0.29, 0.717) is 10.2 Å². The van der Waals surface area contributed by atoms with Gasteiger partial charge in [-0.15, -0.1) is 0 Å². The van der Waals surface area contributed by atoms with Gasteiger partial charge in [0.2, 0.25) is 0 Å². The molecule has 0 radical (unpaired) electrons. The molecule has 1 heterocycles. The van der Waals surface area contributed by atoms with Crippen molar-refractivity contribution in [3.8, 4) is 0 Å². The first-order chi connectivity index (χ1) is 8.56. The van der Waals surface area contributed by atoms with Crippen LogP contribution in [0, 0.1) is 0 Å². The molecule has 1 aliphatic heterocycles. The van der Waals surface area contributed by atoms with Gasteiger partial charge in [-0.2, -0.15) is 0 Å². The molecule has 18 heavy (non-hydrogen) atoms. The summed E-state index contributed by atoms with van der Waals surface area (Å²) in [5.41, 5.74) is 0.625. The molecular formula is C12H13BrN2O3. The fourth-order valence-electron chi connectivity index (χ4n) is 1.91. The van der Waals surface area contributed by atoms with E-state index in [-0.39, 0.29) is 11.6 Å². The minimum Gasteiger partial charge on any atom is -0.478 e. The molecule has 1 fully saturated rings. The van der Waals surface area contributed by atoms with Crippen LogP contribution in [0.4, 0.5) is 10.5 Å². The van der Waals surface area contributed by atoms with Gasteiger partial charge >= 0.3 is 12.0 Å². The Balaban J connectivity index is 2.13. The van der Waals surface area contributed by atoms with Crippen LogP contribution in [0.5, 0.6) is 0 Å². The summed E-state index contributed by atoms with van der Waals surface area (Å²) in [4.78, 5) is 24.5. The van der Waals surface area contributed by atoms with E-state index < -0.39 is 5.97 Å². The number of urea groups is 1. The fourth-order valence-corrected chi connectivity index (χ4v) is 2.40. The Hall–Kier alpha value is -1.56. The molecule has 2 rings (SSSR count). The smallest absolute Gasteiger partial charge is 0.335 e. The zero-order valence-corrected chi connectivity index (χ0v) is 11.2. The Bertz CT molecular complexity index is 484. The third-order valence-electron chi connectivity index (χ3n) is 2.79. The molecule has 5 nitrogen and oxygen atoms in total. The number of anilines is 1. The van der Waals surface area contributed by atoms with Crippen molar-refractivity contribution in [2.45, 2.75) is 12.8 Å². The quantitative estimate of drug-likeness (QED) is 0.882. The topological polar surface area (TPSA) is 69.6 Å². The van der Waals surface area contributed by atoms with E-state index in [1.165, 1.54) is 12.1 Å². The van der Waals surface area contributed by atoms with Crippen LogP contribution in [0.25, 0.3) is 0 Å². The van der Waals surface area contributed by atoms with Crippen molar-refractivity contribution in [2.75, 3.05) is 18.4 Å². The van der Waals surface area contributed by atoms with Gasteiger partial charge in [-0.05, 0) is 31.0 Å². The summed E-state index contributed by atoms with van der Waals surface area (Å²) in [6.45, 7) is 1.51. The zero-order valence-electron chi connectivity index (χ0n) is 9.65. The van der Waals surface area contributed by atoms with Gasteiger partial charge in [-0.3, -0.25) is 0 Å². The van der Waals surface area contributed by atoms with Gasteiger partial charge in [0.05, 0.1) is 5.56 Å². The lowest BCUT2D eigenvalue weighted by atomic mass is 10.2. The molecule has 1 aromatic rings. The van der Waals surface area contributed by atoms with E-state index >= 15 is 0 Å². The average Bonchev–Trinajstić information content (AvgIpc) is 2.81. The fraction of sp³-hybridized carbons (Fsp3) is 0.333. The maximum absolute atomic E-state index is 11.9. The zero-order chi connectivity index (χ0) is 13.1. The van der Waals surface area contributed by atoms with Crippen molar-refractivity contribution in [1.82, 2.24) is 4.90 Å². The SMILES string of the molecule is O=C(O)c1cc(Br)cc(NC(=O)N2CCCC2)c1. The maximum atomic E-state index is 11.9. The molecule has 0 atom stereocenters. The molecule has 2 amide bonds. The lowest BCUT2D eigenvalue weighted by molar-refractivity contribution is 0.0697. The van der Waals surface area contributed by atoms with Crippen molar-refractivity contribution in [3.05, 3.63) is 28.2 Å². The van der Waals surface area contributed by atoms with Gasteiger partial charge in [-0.25, -0.2) is 9.59 Å². The lowest BCUT2D eigenvalue weighted by Crippen LogP contribution is -2.32. The van der Waals surface area contributed by atoms with Gasteiger partial charge in [0, 0.05) is 23.2 Å². The van der Waals surface area contributed by atoms with Crippen LogP contribution in [-0.2, 0) is 0 Å². The Morgan fingerprint density at radius 2 is 1.89 bits per heavy atom. The van der Waals surface area contributed by atoms with Crippen LogP contribution in [0.3, 0.4) is 0 Å². The number of rotatable bonds is 2. The van der Waals surface area contributed by atoms with Crippen LogP contribution >= 0.6 is 15.9 Å². The summed E-state index contributed by atoms with van der Waals surface area (Å²) in [6.07, 6.45) is 2.04. The third kappa shape index (κ3) is 3.01. The Labute approximate surface area is 113 Å². The second-order valence-corrected chi connectivity index (χ2v) is 5.07. The van der Waals surface area contributed by atoms with Crippen LogP contribution in [0.15, 0.2) is 22.7 Å². The van der Waals surface area contributed by atoms with E-state index in [1.807, 2.05) is 0 Å². The first kappa shape index (κ1) is 12.9. The van der Waals surface area contributed by atoms with Crippen LogP contribution in [0.2, 0.25) is 0 Å². The molecule has 1 saturated heterocycles. The van der Waals surface area contributed by atoms with E-state index in [9.17, 15) is 9.59 Å². The second-order valence-electron chi connectivity index (χ2n) is 4.16. The molecule has 0 aliphatic carbocycles. The lowest BCUT2D eigenvalue weighted by Gasteiger charge is -2.16. The third-order valence-corrected chi connectivity index (χ3v) is 3.25. The van der Waals surface area contributed by atoms with Crippen molar-refractivity contribution in [1.29, 1.82) is 0 Å². The van der Waals surface area contributed by atoms with Gasteiger partial charge in [0.25, 0.3) is 0 Å². The highest BCUT2D eigenvalue weighted by Crippen LogP contribution is 2.20. The summed E-state index contributed by atoms with van der Waals surface area (Å²) in [5.74, 6) is -1.02. The van der Waals surface area contributed by atoms with Crippen molar-refractivity contribution >= 4 is 33.6 Å². The molecule has 2 N–H and O–H groups in total. The van der Waals surface area contributed by atoms with E-state index in [1.54, 1.807) is 11.0 Å². The van der Waals surface area contributed by atoms with E-state index in [2.05, 4.69) is 21.2 Å². The molecule has 0 aromatic heterocycles. The van der Waals surface area contributed by atoms with Crippen molar-refractivity contribution in [2.24, 2.45) is 0 Å². The number of nitrogens with one attached hydrogen (secondary N) is 1. The summed E-state index contributed by atoms with van der Waals surface area (Å²) >= 11 is 3.23. The van der Waals surface area contributed by atoms with E-state index in [4.69, 9.17) is 5.11 Å². The molecular weight excluding hydrogens is 300 g/mol. The van der Waals surface area contributed by atoms with Crippen LogP contribution < -0.4 is 5.32 Å². The number of hydrogen-bond donors (Lipinski definition) is 2. The average molecular weight is 313 g/mol. The van der Waals surface area contributed by atoms with Gasteiger partial charge in [-0.1, -0.05) is 15.9 Å². The summed E-state index contributed by atoms with van der Waals surface area (Å²) in [5, 5.41) is 11.6. The molecule has 1 aliphatic rings. The predicted molar refractivity (Wildman–Crippen MR) is 70.9 cm³/mol. The number of nitrogens with zero attached hydrogens (tertiary/aromatic N) is 1. The monoisotopic (exact) mass is 312 g/mol. The van der Waals surface area contributed by atoms with Gasteiger partial charge in [0.15, 0.2) is 0 Å². The van der Waals surface area contributed by atoms with Gasteiger partial charge in [0.1, 0.15) is 0 Å². The number of amides is 2. The standard InChI is InChI=1S/C12H13BrN2O3/c13-9-5-8(11(16)17)6-10(7-9)14-12(18)15-3-1-2-4-15/h5-7H,1-4H2,(H,14,18)(H,16,17). The minimum atomic E-state index is -1.02. The summed E-state index contributed by atoms with van der Waals surface area (Å²) < 4.78 is 0.624. The highest BCUT2D eigenvalue weighted by atomic mass is 79.9. The number of likely N-dealkylation sites (tertiary alicyclic amines) is 1. The number of benzene rings is 1. The number of halogens is 1. The highest BCUT2D eigenvalue weighted by Gasteiger charge is 2.18. The normalized spacial score (nSPS) is 14.6. The Kier molecular flexibility index (Phi) is 3.86. The number of carbonyl (C=O) groups is 2. The minimum absolute atomic E-state index is 0.140. The van der Waals surface area contributed by atoms with Crippen molar-refractivity contribution < 1.29 is 14.7 Å². The van der Waals surface area contributed by atoms with Gasteiger partial charge < -0.3 is 15.3 Å². The largest absolute Gasteiger partial charge is 0.478 e. The molecule has 96 valence electrons. The summed E-state index contributed by atoms with van der Waals surface area (Å²) in [6, 6.07) is 4.44. The highest BCUT2D eigenvalue weighted by molar-refractivity contribution is 9.10. The predicted octanol–water partition coefficient (Wildman–Crippen LogP) is 2.78. The Morgan fingerprint density at radius 3 is 2.50 bits per heavy atom. The molecule has 1 aromatic carbocycles. The van der Waals surface area contributed by atoms with E-state index in [0.717, 1.165) is 25.9 Å². The summed E-state index contributed by atoms with van der Waals surface area (Å²) in [7, 11) is 0. The first-order valence-corrected chi connectivity index (χ1v) is 6.45. The molecule has 0 bridgehead atoms. The molecule has 0 unspecified atom stereocenters. The Morgan fingerprint density at radius 1 is 1.22 bits per heavy atom. The van der Waals surface area contributed by atoms with Crippen LogP contribution in [-0.4, -0.2) is 35.1 Å². The number of hydrogen-bond acceptors (Lipinski definition) is 2. The molecule has 6 heteroatoms. The van der Waals surface area contributed by atoms with Crippen LogP contribution in [0.1, 0.15) is 23.2 Å². The number of carboxylic acid groups (broad SMARTS) is 1. The van der Waals surface area contributed by atoms with Crippen molar-refractivity contribution in [3.63, 3.8) is 0 Å². The molecule has 0 saturated carbocycles. The number of carbonyl (C=O) groups excluding carboxylic acids is 1. The number of carboxylic acids is 1. The second kappa shape index (κ2) is 5.39. The number of aromatic carboxylic acids is 1.